The summed E-state index contributed by atoms with van der Waals surface area (Å²) in [5.41, 5.74) is -3.81. The zero-order valence-electron chi connectivity index (χ0n) is 19.1. The van der Waals surface area contributed by atoms with Gasteiger partial charge >= 0.3 is 5.97 Å². The molecule has 4 fully saturated rings. The number of aliphatic hydroxyl groups is 1. The van der Waals surface area contributed by atoms with Gasteiger partial charge in [-0.25, -0.2) is 0 Å². The van der Waals surface area contributed by atoms with Gasteiger partial charge in [0, 0.05) is 32.3 Å². The van der Waals surface area contributed by atoms with Crippen molar-refractivity contribution < 1.29 is 33.6 Å². The van der Waals surface area contributed by atoms with Gasteiger partial charge in [0.2, 0.25) is 0 Å². The highest BCUT2D eigenvalue weighted by molar-refractivity contribution is 5.92. The van der Waals surface area contributed by atoms with Crippen LogP contribution in [0.4, 0.5) is 0 Å². The Labute approximate surface area is 178 Å². The number of carbonyl (C=O) groups is 2. The minimum absolute atomic E-state index is 0.0828. The number of carbonyl (C=O) groups excluding carboxylic acids is 2. The lowest BCUT2D eigenvalue weighted by atomic mass is 9.42. The second-order valence-corrected chi connectivity index (χ2v) is 10.9. The molecule has 170 valence electrons. The predicted octanol–water partition coefficient (Wildman–Crippen LogP) is 2.77. The topological polar surface area (TPSA) is 91.3 Å². The van der Waals surface area contributed by atoms with E-state index >= 15 is 0 Å². The number of ether oxygens (including phenoxy) is 4. The van der Waals surface area contributed by atoms with E-state index in [1.54, 1.807) is 14.0 Å². The van der Waals surface area contributed by atoms with E-state index in [9.17, 15) is 14.7 Å². The Bertz CT molecular complexity index is 750. The van der Waals surface area contributed by atoms with Gasteiger partial charge in [-0.2, -0.15) is 0 Å². The Morgan fingerprint density at radius 1 is 1.17 bits per heavy atom. The van der Waals surface area contributed by atoms with Crippen molar-refractivity contribution in [3.63, 3.8) is 0 Å². The van der Waals surface area contributed by atoms with E-state index in [0.29, 0.717) is 38.7 Å². The summed E-state index contributed by atoms with van der Waals surface area (Å²) in [4.78, 5) is 25.8. The Kier molecular flexibility index (Phi) is 4.98. The van der Waals surface area contributed by atoms with Crippen molar-refractivity contribution in [3.05, 3.63) is 0 Å². The molecule has 2 heterocycles. The zero-order chi connectivity index (χ0) is 22.2. The SMILES string of the molecule is CO[C@@H]1C[C@@]2(CC[C@@]3(O2)[C@@](C)(OC(C)=O)C(=O)C[C@H]2C(C)(C)[C@H](O)CC[C@@]23C)CO1. The van der Waals surface area contributed by atoms with E-state index in [0.717, 1.165) is 0 Å². The molecule has 0 aromatic heterocycles. The molecule has 7 nitrogen and oxygen atoms in total. The fourth-order valence-electron chi connectivity index (χ4n) is 7.26. The molecule has 0 amide bonds. The van der Waals surface area contributed by atoms with Gasteiger partial charge in [0.25, 0.3) is 0 Å². The van der Waals surface area contributed by atoms with Crippen LogP contribution >= 0.6 is 0 Å². The summed E-state index contributed by atoms with van der Waals surface area (Å²) < 4.78 is 24.0. The van der Waals surface area contributed by atoms with E-state index in [1.165, 1.54) is 6.92 Å². The Hall–Kier alpha value is -1.02. The summed E-state index contributed by atoms with van der Waals surface area (Å²) in [6.07, 6.45) is 2.66. The molecule has 0 aromatic rings. The van der Waals surface area contributed by atoms with Crippen LogP contribution in [0.3, 0.4) is 0 Å². The normalized spacial score (nSPS) is 50.1. The molecule has 2 saturated heterocycles. The fourth-order valence-corrected chi connectivity index (χ4v) is 7.26. The first-order valence-electron chi connectivity index (χ1n) is 11.1. The number of rotatable bonds is 2. The summed E-state index contributed by atoms with van der Waals surface area (Å²) in [6.45, 7) is 9.73. The second kappa shape index (κ2) is 6.74. The van der Waals surface area contributed by atoms with Crippen LogP contribution in [0.1, 0.15) is 73.1 Å². The lowest BCUT2D eigenvalue weighted by Crippen LogP contribution is -2.75. The van der Waals surface area contributed by atoms with Crippen LogP contribution < -0.4 is 0 Å². The van der Waals surface area contributed by atoms with Gasteiger partial charge in [-0.1, -0.05) is 20.8 Å². The average Bonchev–Trinajstić information content (AvgIpc) is 3.26. The maximum absolute atomic E-state index is 13.6. The third-order valence-electron chi connectivity index (χ3n) is 9.08. The monoisotopic (exact) mass is 424 g/mol. The number of esters is 1. The molecule has 2 aliphatic carbocycles. The van der Waals surface area contributed by atoms with Crippen LogP contribution in [0, 0.1) is 16.7 Å². The molecule has 2 aliphatic heterocycles. The second-order valence-electron chi connectivity index (χ2n) is 10.9. The summed E-state index contributed by atoms with van der Waals surface area (Å²) in [5, 5.41) is 10.8. The zero-order valence-corrected chi connectivity index (χ0v) is 19.1. The van der Waals surface area contributed by atoms with Crippen molar-refractivity contribution in [2.24, 2.45) is 16.7 Å². The van der Waals surface area contributed by atoms with Gasteiger partial charge in [-0.3, -0.25) is 9.59 Å². The van der Waals surface area contributed by atoms with Crippen LogP contribution in [-0.4, -0.2) is 59.8 Å². The lowest BCUT2D eigenvalue weighted by Gasteiger charge is -2.66. The number of aliphatic hydroxyl groups excluding tert-OH is 1. The quantitative estimate of drug-likeness (QED) is 0.682. The summed E-state index contributed by atoms with van der Waals surface area (Å²) in [7, 11) is 1.61. The smallest absolute Gasteiger partial charge is 0.303 e. The first-order chi connectivity index (χ1) is 13.9. The van der Waals surface area contributed by atoms with E-state index in [-0.39, 0.29) is 24.4 Å². The number of methoxy groups -OCH3 is 1. The molecule has 0 aromatic carbocycles. The Morgan fingerprint density at radius 2 is 1.87 bits per heavy atom. The number of ketones is 1. The lowest BCUT2D eigenvalue weighted by molar-refractivity contribution is -0.293. The van der Waals surface area contributed by atoms with Gasteiger partial charge in [0.1, 0.15) is 5.60 Å². The van der Waals surface area contributed by atoms with E-state index in [1.807, 2.05) is 13.8 Å². The highest BCUT2D eigenvalue weighted by atomic mass is 16.7. The number of Topliss-reactive ketones (excluding diaryl/α,β-unsaturated/α-hetero) is 1. The maximum Gasteiger partial charge on any atom is 0.303 e. The molecule has 2 spiro atoms. The third kappa shape index (κ3) is 2.71. The molecule has 4 rings (SSSR count). The largest absolute Gasteiger partial charge is 0.448 e. The molecule has 0 unspecified atom stereocenters. The fraction of sp³-hybridized carbons (Fsp3) is 0.913. The van der Waals surface area contributed by atoms with Gasteiger partial charge in [0.15, 0.2) is 17.7 Å². The standard InChI is InChI=1S/C23H36O7/c1-14(24)29-21(5)17(26)11-15-19(2,3)16(25)7-8-20(15,4)23(21)10-9-22(30-23)12-18(27-6)28-13-22/h15-16,18,25H,7-13H2,1-6H3/t15-,16+,18-,20-,21-,22-,23-/m0/s1. The van der Waals surface area contributed by atoms with Gasteiger partial charge < -0.3 is 24.1 Å². The van der Waals surface area contributed by atoms with Crippen LogP contribution in [0.5, 0.6) is 0 Å². The molecule has 0 radical (unpaired) electrons. The third-order valence-corrected chi connectivity index (χ3v) is 9.08. The minimum atomic E-state index is -1.38. The predicted molar refractivity (Wildman–Crippen MR) is 108 cm³/mol. The average molecular weight is 425 g/mol. The van der Waals surface area contributed by atoms with E-state index in [4.69, 9.17) is 18.9 Å². The number of hydrogen-bond donors (Lipinski definition) is 1. The van der Waals surface area contributed by atoms with Crippen LogP contribution in [0.25, 0.3) is 0 Å². The van der Waals surface area contributed by atoms with Crippen molar-refractivity contribution in [3.8, 4) is 0 Å². The summed E-state index contributed by atoms with van der Waals surface area (Å²) >= 11 is 0. The molecule has 7 atom stereocenters. The molecule has 7 heteroatoms. The maximum atomic E-state index is 13.6. The van der Waals surface area contributed by atoms with Crippen molar-refractivity contribution >= 4 is 11.8 Å². The van der Waals surface area contributed by atoms with Crippen LogP contribution in [-0.2, 0) is 28.5 Å². The Morgan fingerprint density at radius 3 is 2.47 bits per heavy atom. The van der Waals surface area contributed by atoms with Crippen molar-refractivity contribution in [2.75, 3.05) is 13.7 Å². The molecule has 30 heavy (non-hydrogen) atoms. The van der Waals surface area contributed by atoms with Crippen molar-refractivity contribution in [2.45, 2.75) is 102 Å². The summed E-state index contributed by atoms with van der Waals surface area (Å²) in [5.74, 6) is -0.688. The van der Waals surface area contributed by atoms with Crippen LogP contribution in [0.15, 0.2) is 0 Å². The minimum Gasteiger partial charge on any atom is -0.448 e. The highest BCUT2D eigenvalue weighted by Gasteiger charge is 2.77. The first-order valence-corrected chi connectivity index (χ1v) is 11.1. The molecule has 1 N–H and O–H groups in total. The Balaban J connectivity index is 1.84. The molecule has 4 aliphatic rings. The van der Waals surface area contributed by atoms with E-state index < -0.39 is 39.7 Å². The van der Waals surface area contributed by atoms with Gasteiger partial charge in [-0.05, 0) is 43.9 Å². The number of fused-ring (bicyclic) bond motifs is 2. The molecule has 2 saturated carbocycles. The van der Waals surface area contributed by atoms with Crippen LogP contribution in [0.2, 0.25) is 0 Å². The molecular weight excluding hydrogens is 388 g/mol. The molecular formula is C23H36O7. The van der Waals surface area contributed by atoms with Crippen molar-refractivity contribution in [1.82, 2.24) is 0 Å². The first kappa shape index (κ1) is 22.2. The van der Waals surface area contributed by atoms with Gasteiger partial charge in [0.05, 0.1) is 18.3 Å². The highest BCUT2D eigenvalue weighted by Crippen LogP contribution is 2.69. The summed E-state index contributed by atoms with van der Waals surface area (Å²) in [6, 6.07) is 0. The number of hydrogen-bond acceptors (Lipinski definition) is 7. The van der Waals surface area contributed by atoms with Crippen molar-refractivity contribution in [1.29, 1.82) is 0 Å². The molecule has 0 bridgehead atoms. The van der Waals surface area contributed by atoms with E-state index in [2.05, 4.69) is 6.92 Å². The van der Waals surface area contributed by atoms with Gasteiger partial charge in [-0.15, -0.1) is 0 Å².